The Morgan fingerprint density at radius 1 is 0.613 bits per heavy atom. The molecule has 0 fully saturated rings. The first-order valence-corrected chi connectivity index (χ1v) is 20.4. The molecule has 10 aromatic rings. The van der Waals surface area contributed by atoms with Crippen molar-refractivity contribution >= 4 is 32.8 Å². The highest BCUT2D eigenvalue weighted by Crippen LogP contribution is 2.38. The minimum Gasteiger partial charge on any atom is -0.458 e. The Labute approximate surface area is 382 Å². The van der Waals surface area contributed by atoms with Crippen LogP contribution in [0.4, 0.5) is 0 Å². The molecule has 0 bridgehead atoms. The van der Waals surface area contributed by atoms with E-state index in [-0.39, 0.29) is 51.0 Å². The van der Waals surface area contributed by atoms with Gasteiger partial charge in [-0.1, -0.05) is 157 Å². The maximum atomic E-state index is 8.85. The minimum absolute atomic E-state index is 0.0763. The molecule has 0 saturated carbocycles. The Bertz CT molecular complexity index is 3920. The molecule has 304 valence electrons. The number of hydrogen-bond acceptors (Lipinski definition) is 2. The van der Waals surface area contributed by atoms with Gasteiger partial charge in [-0.05, 0) is 99.6 Å². The molecule has 7 aromatic carbocycles. The molecule has 62 heavy (non-hydrogen) atoms. The zero-order chi connectivity index (χ0) is 54.0. The first-order chi connectivity index (χ1) is 35.3. The van der Waals surface area contributed by atoms with Gasteiger partial charge in [0.25, 0.3) is 6.33 Å². The Morgan fingerprint density at radius 3 is 2.02 bits per heavy atom. The van der Waals surface area contributed by atoms with Gasteiger partial charge in [-0.3, -0.25) is 13.7 Å². The maximum Gasteiger partial charge on any atom is 0.269 e. The summed E-state index contributed by atoms with van der Waals surface area (Å²) in [6.45, 7) is 10.2. The second kappa shape index (κ2) is 15.0. The van der Waals surface area contributed by atoms with E-state index < -0.39 is 55.2 Å². The lowest BCUT2D eigenvalue weighted by molar-refractivity contribution is -0.574. The molecular weight excluding hydrogens is 757 g/mol. The van der Waals surface area contributed by atoms with Crippen molar-refractivity contribution in [1.29, 1.82) is 0 Å². The van der Waals surface area contributed by atoms with Crippen LogP contribution in [-0.2, 0) is 10.8 Å². The van der Waals surface area contributed by atoms with Gasteiger partial charge in [0, 0.05) is 32.7 Å². The molecular formula is C57H50N4O. The highest BCUT2D eigenvalue weighted by Gasteiger charge is 2.28. The van der Waals surface area contributed by atoms with E-state index in [4.69, 9.17) is 27.5 Å². The lowest BCUT2D eigenvalue weighted by Gasteiger charge is -2.30. The van der Waals surface area contributed by atoms with Gasteiger partial charge < -0.3 is 4.74 Å². The predicted molar refractivity (Wildman–Crippen MR) is 255 cm³/mol. The topological polar surface area (TPSA) is 35.9 Å². The number of rotatable bonds is 7. The van der Waals surface area contributed by atoms with Gasteiger partial charge in [-0.2, -0.15) is 0 Å². The zero-order valence-electron chi connectivity index (χ0n) is 48.2. The van der Waals surface area contributed by atoms with Gasteiger partial charge in [-0.25, -0.2) is 4.98 Å². The van der Waals surface area contributed by atoms with Crippen LogP contribution < -0.4 is 9.30 Å². The van der Waals surface area contributed by atoms with Crippen LogP contribution in [0.3, 0.4) is 0 Å². The molecule has 0 spiro atoms. The number of hydrogen-bond donors (Lipinski definition) is 0. The van der Waals surface area contributed by atoms with Crippen molar-refractivity contribution in [3.8, 4) is 50.9 Å². The van der Waals surface area contributed by atoms with Crippen LogP contribution in [-0.4, -0.2) is 14.1 Å². The van der Waals surface area contributed by atoms with Crippen molar-refractivity contribution in [1.82, 2.24) is 14.1 Å². The third-order valence-electron chi connectivity index (χ3n) is 11.2. The molecule has 0 N–H and O–H groups in total. The van der Waals surface area contributed by atoms with Crippen molar-refractivity contribution in [2.24, 2.45) is 0 Å². The summed E-state index contributed by atoms with van der Waals surface area (Å²) in [5.41, 5.74) is 5.85. The van der Waals surface area contributed by atoms with Crippen molar-refractivity contribution in [2.45, 2.75) is 59.2 Å². The van der Waals surface area contributed by atoms with E-state index in [1.54, 1.807) is 6.07 Å². The van der Waals surface area contributed by atoms with Crippen LogP contribution in [0.15, 0.2) is 176 Å². The zero-order valence-corrected chi connectivity index (χ0v) is 35.2. The first-order valence-electron chi connectivity index (χ1n) is 26.9. The second-order valence-corrected chi connectivity index (χ2v) is 17.4. The Morgan fingerprint density at radius 2 is 1.29 bits per heavy atom. The number of aromatic nitrogens is 4. The van der Waals surface area contributed by atoms with E-state index in [0.29, 0.717) is 39.3 Å². The fraction of sp³-hybridized carbons (Fsp3) is 0.158. The van der Waals surface area contributed by atoms with Gasteiger partial charge in [0.2, 0.25) is 0 Å². The number of nitrogens with zero attached hydrogens (tertiary/aromatic N) is 4. The summed E-state index contributed by atoms with van der Waals surface area (Å²) in [5, 5.41) is 1.67. The molecule has 0 atom stereocenters. The highest BCUT2D eigenvalue weighted by molar-refractivity contribution is 6.09. The molecule has 5 nitrogen and oxygen atoms in total. The molecule has 0 aliphatic heterocycles. The molecule has 10 rings (SSSR count). The fourth-order valence-corrected chi connectivity index (χ4v) is 8.24. The summed E-state index contributed by atoms with van der Waals surface area (Å²) in [7, 11) is 0. The molecule has 5 heteroatoms. The van der Waals surface area contributed by atoms with E-state index >= 15 is 0 Å². The molecule has 0 unspecified atom stereocenters. The smallest absolute Gasteiger partial charge is 0.269 e. The first kappa shape index (κ1) is 26.9. The summed E-state index contributed by atoms with van der Waals surface area (Å²) in [6.07, 6.45) is 4.92. The third kappa shape index (κ3) is 6.94. The summed E-state index contributed by atoms with van der Waals surface area (Å²) >= 11 is 0. The van der Waals surface area contributed by atoms with Crippen LogP contribution in [0, 0.1) is 13.2 Å². The number of para-hydroxylation sites is 2. The van der Waals surface area contributed by atoms with Crippen LogP contribution >= 0.6 is 0 Å². The number of imidazole rings is 1. The quantitative estimate of drug-likeness (QED) is 0.119. The summed E-state index contributed by atoms with van der Waals surface area (Å²) < 4.78 is 123. The number of pyridine rings is 1. The van der Waals surface area contributed by atoms with E-state index in [1.165, 1.54) is 12.3 Å². The van der Waals surface area contributed by atoms with Gasteiger partial charge in [-0.15, -0.1) is 0 Å². The molecule has 0 amide bonds. The van der Waals surface area contributed by atoms with Crippen LogP contribution in [0.2, 0.25) is 0 Å². The number of ether oxygens (including phenoxy) is 1. The lowest BCUT2D eigenvalue weighted by atomic mass is 9.78. The Hall–Kier alpha value is -7.24. The summed E-state index contributed by atoms with van der Waals surface area (Å²) in [4.78, 5) is 4.71. The fourth-order valence-electron chi connectivity index (χ4n) is 8.24. The van der Waals surface area contributed by atoms with Crippen LogP contribution in [0.1, 0.15) is 76.1 Å². The molecule has 3 heterocycles. The highest BCUT2D eigenvalue weighted by atomic mass is 16.5. The monoisotopic (exact) mass is 819 g/mol. The van der Waals surface area contributed by atoms with Gasteiger partial charge >= 0.3 is 0 Å². The average molecular weight is 820 g/mol. The van der Waals surface area contributed by atoms with Crippen molar-refractivity contribution in [2.75, 3.05) is 0 Å². The molecule has 0 aliphatic rings. The third-order valence-corrected chi connectivity index (χ3v) is 11.2. The van der Waals surface area contributed by atoms with Crippen molar-refractivity contribution in [3.63, 3.8) is 0 Å². The maximum absolute atomic E-state index is 8.85. The number of benzene rings is 7. The molecule has 0 radical (unpaired) electrons. The molecule has 0 aliphatic carbocycles. The van der Waals surface area contributed by atoms with E-state index in [9.17, 15) is 0 Å². The van der Waals surface area contributed by atoms with E-state index in [2.05, 4.69) is 66.1 Å². The summed E-state index contributed by atoms with van der Waals surface area (Å²) in [6, 6.07) is 29.0. The summed E-state index contributed by atoms with van der Waals surface area (Å²) in [5.74, 6) is 1.11. The van der Waals surface area contributed by atoms with Gasteiger partial charge in [0.15, 0.2) is 0 Å². The largest absolute Gasteiger partial charge is 0.458 e. The lowest BCUT2D eigenvalue weighted by Crippen LogP contribution is -2.37. The average Bonchev–Trinajstić information content (AvgIpc) is 3.91. The number of aryl methyl sites for hydroxylation is 1. The van der Waals surface area contributed by atoms with Gasteiger partial charge in [0.05, 0.1) is 47.1 Å². The molecule has 3 aromatic heterocycles. The molecule has 0 saturated heterocycles. The predicted octanol–water partition coefficient (Wildman–Crippen LogP) is 14.2. The van der Waals surface area contributed by atoms with E-state index in [0.717, 1.165) is 33.1 Å². The number of fused-ring (bicyclic) bond motifs is 4. The van der Waals surface area contributed by atoms with Crippen LogP contribution in [0.25, 0.3) is 72.3 Å². The minimum atomic E-state index is -2.78. The SMILES string of the molecule is [2H]c1c([2H])c([2H])c(-c2ccc3c(c2)n(-c2cccc(Oc4ccc5c6ccccc6n(-c6cc(C([2H])([2H])[2H])c(-c7c([2H])c([2H])c([2H])c([2H])c7[2H])cn6)c5c4)c2)[c-][n+]3-c2c(C(C)(C)C)cccc2C(C)(C)C)c([2H])c1[2H]. The van der Waals surface area contributed by atoms with Crippen LogP contribution in [0.5, 0.6) is 11.5 Å². The second-order valence-electron chi connectivity index (χ2n) is 17.4. The van der Waals surface area contributed by atoms with Crippen molar-refractivity contribution < 1.29 is 27.1 Å². The standard InChI is InChI=1S/C57H50N4O/c1-38-32-54(58-36-47(38)40-20-12-9-13-21-40)61-50-27-15-14-24-45(50)46-30-29-44(35-52(46)61)62-43-23-16-22-42(34-43)59-37-60(51-31-28-41(33-53(51)59)39-18-10-8-11-19-39)55-48(56(2,3)4)25-17-26-49(55)57(5,6)7/h8-36H,1-7H3/i1D3,8D,9D,10D,11D,12D,13D,18D,19D,20D,21D. The van der Waals surface area contributed by atoms with Gasteiger partial charge in [0.1, 0.15) is 17.3 Å². The van der Waals surface area contributed by atoms with Crippen molar-refractivity contribution in [3.05, 3.63) is 199 Å². The Balaban J connectivity index is 1.13. The van der Waals surface area contributed by atoms with E-state index in [1.807, 2.05) is 92.6 Å². The Kier molecular flexibility index (Phi) is 6.51. The normalized spacial score (nSPS) is 15.3.